The molecule has 2 N–H and O–H groups in total. The number of unbranched alkanes of at least 4 members (excludes halogenated alkanes) is 18. The minimum absolute atomic E-state index is 0.121. The van der Waals surface area contributed by atoms with Gasteiger partial charge >= 0.3 is 0 Å². The van der Waals surface area contributed by atoms with E-state index in [9.17, 15) is 10.2 Å². The second-order valence-corrected chi connectivity index (χ2v) is 13.5. The molecule has 0 unspecified atom stereocenters. The molecule has 0 saturated heterocycles. The molecule has 0 amide bonds. The number of phenols is 2. The van der Waals surface area contributed by atoms with Crippen LogP contribution < -0.4 is 9.47 Å². The van der Waals surface area contributed by atoms with Gasteiger partial charge in [-0.2, -0.15) is 0 Å². The predicted molar refractivity (Wildman–Crippen MR) is 212 cm³/mol. The molecule has 3 aromatic rings. The second kappa shape index (κ2) is 26.1. The molecule has 0 spiro atoms. The van der Waals surface area contributed by atoms with E-state index in [1.165, 1.54) is 116 Å². The van der Waals surface area contributed by atoms with Crippen LogP contribution in [0.15, 0.2) is 70.6 Å². The molecule has 274 valence electrons. The van der Waals surface area contributed by atoms with Gasteiger partial charge in [-0.15, -0.1) is 0 Å². The number of ether oxygens (including phenoxy) is 2. The number of para-hydroxylation sites is 2. The van der Waals surface area contributed by atoms with Crippen LogP contribution in [0.25, 0.3) is 0 Å². The maximum atomic E-state index is 10.6. The van der Waals surface area contributed by atoms with Gasteiger partial charge < -0.3 is 19.7 Å². The van der Waals surface area contributed by atoms with Gasteiger partial charge in [-0.05, 0) is 49.2 Å². The van der Waals surface area contributed by atoms with E-state index >= 15 is 0 Å². The summed E-state index contributed by atoms with van der Waals surface area (Å²) < 4.78 is 11.8. The van der Waals surface area contributed by atoms with Crippen molar-refractivity contribution < 1.29 is 19.7 Å². The van der Waals surface area contributed by atoms with Crippen molar-refractivity contribution in [2.24, 2.45) is 9.98 Å². The first-order chi connectivity index (χ1) is 24.6. The molecular weight excluding hydrogens is 620 g/mol. The normalized spacial score (nSPS) is 11.6. The third-order valence-corrected chi connectivity index (χ3v) is 9.10. The van der Waals surface area contributed by atoms with Gasteiger partial charge in [0.15, 0.2) is 0 Å². The van der Waals surface area contributed by atoms with Crippen molar-refractivity contribution in [2.75, 3.05) is 13.2 Å². The first-order valence-electron chi connectivity index (χ1n) is 19.7. The first kappa shape index (κ1) is 40.6. The summed E-state index contributed by atoms with van der Waals surface area (Å²) in [4.78, 5) is 9.21. The van der Waals surface area contributed by atoms with E-state index in [-0.39, 0.29) is 11.5 Å². The Morgan fingerprint density at radius 3 is 1.14 bits per heavy atom. The van der Waals surface area contributed by atoms with Gasteiger partial charge in [0, 0.05) is 35.7 Å². The number of rotatable bonds is 28. The lowest BCUT2D eigenvalue weighted by Gasteiger charge is -2.08. The van der Waals surface area contributed by atoms with Gasteiger partial charge in [0.25, 0.3) is 0 Å². The predicted octanol–water partition coefficient (Wildman–Crippen LogP) is 13.2. The van der Waals surface area contributed by atoms with Gasteiger partial charge in [-0.1, -0.05) is 142 Å². The molecule has 0 aliphatic rings. The Hall–Kier alpha value is -3.80. The molecule has 50 heavy (non-hydrogen) atoms. The van der Waals surface area contributed by atoms with Crippen molar-refractivity contribution in [2.45, 2.75) is 142 Å². The van der Waals surface area contributed by atoms with E-state index in [0.29, 0.717) is 47.2 Å². The van der Waals surface area contributed by atoms with Crippen molar-refractivity contribution >= 4 is 23.8 Å². The summed E-state index contributed by atoms with van der Waals surface area (Å²) in [5, 5.41) is 21.2. The third kappa shape index (κ3) is 17.2. The van der Waals surface area contributed by atoms with E-state index < -0.39 is 0 Å². The Balaban J connectivity index is 1.39. The molecule has 0 bridgehead atoms. The molecule has 0 radical (unpaired) electrons. The van der Waals surface area contributed by atoms with Crippen LogP contribution >= 0.6 is 0 Å². The molecule has 0 saturated carbocycles. The fraction of sp³-hybridized carbons (Fsp3) is 0.545. The third-order valence-electron chi connectivity index (χ3n) is 9.10. The van der Waals surface area contributed by atoms with E-state index in [4.69, 9.17) is 9.47 Å². The lowest BCUT2D eigenvalue weighted by Crippen LogP contribution is -1.97. The SMILES string of the molecule is CCCCCCCCCCCCOc1ccc(C=Nc2ccccc2N=Cc2ccc(OCCCCCCCCCCCC)cc2O)c(O)c1. The lowest BCUT2D eigenvalue weighted by molar-refractivity contribution is 0.302. The highest BCUT2D eigenvalue weighted by Crippen LogP contribution is 2.30. The highest BCUT2D eigenvalue weighted by Gasteiger charge is 2.06. The molecule has 6 nitrogen and oxygen atoms in total. The van der Waals surface area contributed by atoms with Gasteiger partial charge in [0.05, 0.1) is 24.6 Å². The molecule has 0 aromatic heterocycles. The van der Waals surface area contributed by atoms with Crippen molar-refractivity contribution in [3.63, 3.8) is 0 Å². The molecule has 0 heterocycles. The fourth-order valence-corrected chi connectivity index (χ4v) is 5.96. The standard InChI is InChI=1S/C44H64N2O4/c1-3-5-7-9-11-13-15-17-19-23-31-49-39-29-27-37(43(47)33-39)35-45-41-25-21-22-26-42(41)46-36-38-28-30-40(34-44(38)48)50-32-24-20-18-16-14-12-10-8-6-4-2/h21-22,25-30,33-36,47-48H,3-20,23-24,31-32H2,1-2H3. The Morgan fingerprint density at radius 1 is 0.460 bits per heavy atom. The molecule has 3 aromatic carbocycles. The van der Waals surface area contributed by atoms with E-state index in [1.807, 2.05) is 48.5 Å². The first-order valence-corrected chi connectivity index (χ1v) is 19.7. The molecule has 6 heteroatoms. The Labute approximate surface area is 303 Å². The van der Waals surface area contributed by atoms with Crippen molar-refractivity contribution in [3.8, 4) is 23.0 Å². The molecule has 0 atom stereocenters. The van der Waals surface area contributed by atoms with E-state index in [1.54, 1.807) is 24.6 Å². The molecule has 0 aliphatic carbocycles. The number of aliphatic imine (C=N–C) groups is 2. The topological polar surface area (TPSA) is 83.6 Å². The Morgan fingerprint density at radius 2 is 0.800 bits per heavy atom. The van der Waals surface area contributed by atoms with Crippen LogP contribution in [0.3, 0.4) is 0 Å². The van der Waals surface area contributed by atoms with Crippen LogP contribution in [0.4, 0.5) is 11.4 Å². The molecular formula is C44H64N2O4. The fourth-order valence-electron chi connectivity index (χ4n) is 5.96. The van der Waals surface area contributed by atoms with Crippen LogP contribution in [0, 0.1) is 0 Å². The van der Waals surface area contributed by atoms with E-state index in [2.05, 4.69) is 23.8 Å². The van der Waals surface area contributed by atoms with Crippen LogP contribution in [-0.4, -0.2) is 35.9 Å². The smallest absolute Gasteiger partial charge is 0.128 e. The van der Waals surface area contributed by atoms with Gasteiger partial charge in [-0.25, -0.2) is 0 Å². The van der Waals surface area contributed by atoms with Crippen molar-refractivity contribution in [3.05, 3.63) is 71.8 Å². The van der Waals surface area contributed by atoms with Crippen molar-refractivity contribution in [1.29, 1.82) is 0 Å². The van der Waals surface area contributed by atoms with Gasteiger partial charge in [0.2, 0.25) is 0 Å². The largest absolute Gasteiger partial charge is 0.507 e. The monoisotopic (exact) mass is 684 g/mol. The van der Waals surface area contributed by atoms with Crippen LogP contribution in [0.5, 0.6) is 23.0 Å². The van der Waals surface area contributed by atoms with E-state index in [0.717, 1.165) is 12.8 Å². The maximum absolute atomic E-state index is 10.6. The summed E-state index contributed by atoms with van der Waals surface area (Å²) in [6, 6.07) is 18.2. The average Bonchev–Trinajstić information content (AvgIpc) is 3.12. The minimum Gasteiger partial charge on any atom is -0.507 e. The quantitative estimate of drug-likeness (QED) is 0.0589. The number of aromatic hydroxyl groups is 2. The summed E-state index contributed by atoms with van der Waals surface area (Å²) in [7, 11) is 0. The lowest BCUT2D eigenvalue weighted by atomic mass is 10.1. The van der Waals surface area contributed by atoms with Gasteiger partial charge in [-0.3, -0.25) is 9.98 Å². The zero-order valence-corrected chi connectivity index (χ0v) is 31.1. The summed E-state index contributed by atoms with van der Waals surface area (Å²) >= 11 is 0. The van der Waals surface area contributed by atoms with Crippen LogP contribution in [0.2, 0.25) is 0 Å². The number of hydrogen-bond donors (Lipinski definition) is 2. The summed E-state index contributed by atoms with van der Waals surface area (Å²) in [6.45, 7) is 5.82. The zero-order valence-electron chi connectivity index (χ0n) is 31.1. The average molecular weight is 685 g/mol. The highest BCUT2D eigenvalue weighted by atomic mass is 16.5. The van der Waals surface area contributed by atoms with Crippen LogP contribution in [-0.2, 0) is 0 Å². The second-order valence-electron chi connectivity index (χ2n) is 13.5. The molecule has 0 aliphatic heterocycles. The number of nitrogens with zero attached hydrogens (tertiary/aromatic N) is 2. The maximum Gasteiger partial charge on any atom is 0.128 e. The van der Waals surface area contributed by atoms with Crippen LogP contribution in [0.1, 0.15) is 153 Å². The highest BCUT2D eigenvalue weighted by molar-refractivity contribution is 5.89. The number of phenolic OH excluding ortho intramolecular Hbond substituents is 2. The minimum atomic E-state index is 0.121. The van der Waals surface area contributed by atoms with Gasteiger partial charge in [0.1, 0.15) is 23.0 Å². The number of hydrogen-bond acceptors (Lipinski definition) is 6. The Kier molecular flexibility index (Phi) is 21.2. The van der Waals surface area contributed by atoms with Crippen molar-refractivity contribution in [1.82, 2.24) is 0 Å². The Bertz CT molecular complexity index is 1280. The summed E-state index contributed by atoms with van der Waals surface area (Å²) in [5.74, 6) is 1.57. The number of benzene rings is 3. The summed E-state index contributed by atoms with van der Waals surface area (Å²) in [5.41, 5.74) is 2.50. The zero-order chi connectivity index (χ0) is 35.5. The summed E-state index contributed by atoms with van der Waals surface area (Å²) in [6.07, 6.45) is 29.0. The molecule has 3 rings (SSSR count). The molecule has 0 fully saturated rings.